The molecule has 5 rings (SSSR count). The number of benzene rings is 3. The Labute approximate surface area is 210 Å². The van der Waals surface area contributed by atoms with Crippen molar-refractivity contribution in [3.63, 3.8) is 0 Å². The van der Waals surface area contributed by atoms with E-state index < -0.39 is 10.8 Å². The van der Waals surface area contributed by atoms with Crippen LogP contribution in [0.5, 0.6) is 0 Å². The fraction of sp³-hybridized carbons (Fsp3) is 0.200. The highest BCUT2D eigenvalue weighted by atomic mass is 35.5. The number of rotatable bonds is 5. The zero-order chi connectivity index (χ0) is 24.5. The SMILES string of the molecule is O=C(Nc1cc(-c2nc3cc(Cl)ccc3o2)ccc1Cl)c1ccc(N2CCCCC2)c([N+](=O)[O-])c1. The number of piperidine rings is 1. The van der Waals surface area contributed by atoms with Gasteiger partial charge in [0.1, 0.15) is 11.2 Å². The van der Waals surface area contributed by atoms with Crippen molar-refractivity contribution in [3.05, 3.63) is 80.3 Å². The van der Waals surface area contributed by atoms with E-state index in [1.807, 2.05) is 4.90 Å². The molecule has 1 fully saturated rings. The van der Waals surface area contributed by atoms with Crippen LogP contribution in [0.2, 0.25) is 10.0 Å². The van der Waals surface area contributed by atoms with Crippen LogP contribution < -0.4 is 10.2 Å². The number of nitro benzene ring substituents is 1. The molecule has 1 amide bonds. The van der Waals surface area contributed by atoms with Crippen molar-refractivity contribution in [1.29, 1.82) is 0 Å². The Bertz CT molecular complexity index is 1450. The van der Waals surface area contributed by atoms with Crippen LogP contribution in [0, 0.1) is 10.1 Å². The molecule has 0 spiro atoms. The molecule has 0 radical (unpaired) electrons. The molecule has 10 heteroatoms. The fourth-order valence-electron chi connectivity index (χ4n) is 4.19. The molecule has 0 unspecified atom stereocenters. The van der Waals surface area contributed by atoms with E-state index in [2.05, 4.69) is 10.3 Å². The second-order valence-electron chi connectivity index (χ2n) is 8.29. The second kappa shape index (κ2) is 9.56. The third-order valence-corrected chi connectivity index (χ3v) is 6.51. The van der Waals surface area contributed by atoms with Gasteiger partial charge in [-0.1, -0.05) is 23.2 Å². The van der Waals surface area contributed by atoms with Crippen molar-refractivity contribution in [2.45, 2.75) is 19.3 Å². The molecule has 0 bridgehead atoms. The maximum absolute atomic E-state index is 13.0. The van der Waals surface area contributed by atoms with E-state index in [0.29, 0.717) is 44.0 Å². The van der Waals surface area contributed by atoms with Crippen LogP contribution >= 0.6 is 23.2 Å². The summed E-state index contributed by atoms with van der Waals surface area (Å²) in [5, 5.41) is 15.3. The maximum Gasteiger partial charge on any atom is 0.293 e. The Morgan fingerprint density at radius 1 is 1.03 bits per heavy atom. The number of anilines is 2. The molecule has 8 nitrogen and oxygen atoms in total. The number of nitro groups is 1. The minimum Gasteiger partial charge on any atom is -0.436 e. The van der Waals surface area contributed by atoms with Gasteiger partial charge in [-0.05, 0) is 67.8 Å². The van der Waals surface area contributed by atoms with Crippen LogP contribution in [0.3, 0.4) is 0 Å². The van der Waals surface area contributed by atoms with Crippen molar-refractivity contribution < 1.29 is 14.1 Å². The molecule has 1 aromatic heterocycles. The van der Waals surface area contributed by atoms with Gasteiger partial charge in [0.25, 0.3) is 11.6 Å². The van der Waals surface area contributed by atoms with E-state index >= 15 is 0 Å². The molecule has 1 saturated heterocycles. The minimum absolute atomic E-state index is 0.0930. The summed E-state index contributed by atoms with van der Waals surface area (Å²) in [5.74, 6) is -0.169. The van der Waals surface area contributed by atoms with Crippen LogP contribution in [0.1, 0.15) is 29.6 Å². The number of nitrogens with one attached hydrogen (secondary N) is 1. The molecule has 0 aliphatic carbocycles. The Kier molecular flexibility index (Phi) is 6.32. The van der Waals surface area contributed by atoms with E-state index in [-0.39, 0.29) is 11.3 Å². The number of nitrogens with zero attached hydrogens (tertiary/aromatic N) is 3. The number of oxazole rings is 1. The van der Waals surface area contributed by atoms with Crippen LogP contribution in [-0.4, -0.2) is 28.9 Å². The molecule has 35 heavy (non-hydrogen) atoms. The lowest BCUT2D eigenvalue weighted by Crippen LogP contribution is -2.30. The molecule has 1 aliphatic rings. The van der Waals surface area contributed by atoms with Gasteiger partial charge in [-0.2, -0.15) is 0 Å². The van der Waals surface area contributed by atoms with Gasteiger partial charge in [0, 0.05) is 35.3 Å². The van der Waals surface area contributed by atoms with Crippen molar-refractivity contribution in [3.8, 4) is 11.5 Å². The summed E-state index contributed by atoms with van der Waals surface area (Å²) in [4.78, 5) is 30.7. The van der Waals surface area contributed by atoms with E-state index in [1.165, 1.54) is 6.07 Å². The van der Waals surface area contributed by atoms with Gasteiger partial charge in [-0.15, -0.1) is 0 Å². The Balaban J connectivity index is 1.42. The van der Waals surface area contributed by atoms with Crippen molar-refractivity contribution in [2.24, 2.45) is 0 Å². The van der Waals surface area contributed by atoms with Crippen LogP contribution in [0.15, 0.2) is 59.0 Å². The summed E-state index contributed by atoms with van der Waals surface area (Å²) in [6, 6.07) is 14.7. The first-order valence-corrected chi connectivity index (χ1v) is 11.9. The van der Waals surface area contributed by atoms with Gasteiger partial charge < -0.3 is 14.6 Å². The van der Waals surface area contributed by atoms with E-state index in [1.54, 1.807) is 48.5 Å². The molecule has 2 heterocycles. The Hall–Kier alpha value is -3.62. The molecule has 3 aromatic carbocycles. The largest absolute Gasteiger partial charge is 0.436 e. The van der Waals surface area contributed by atoms with Gasteiger partial charge >= 0.3 is 0 Å². The number of amides is 1. The lowest BCUT2D eigenvalue weighted by atomic mass is 10.1. The highest BCUT2D eigenvalue weighted by Gasteiger charge is 2.23. The van der Waals surface area contributed by atoms with Gasteiger partial charge in [0.15, 0.2) is 5.58 Å². The predicted octanol–water partition coefficient (Wildman–Crippen LogP) is 6.95. The quantitative estimate of drug-likeness (QED) is 0.230. The number of fused-ring (bicyclic) bond motifs is 1. The number of hydrogen-bond acceptors (Lipinski definition) is 6. The summed E-state index contributed by atoms with van der Waals surface area (Å²) in [6.07, 6.45) is 3.09. The number of carbonyl (C=O) groups is 1. The second-order valence-corrected chi connectivity index (χ2v) is 9.13. The minimum atomic E-state index is -0.512. The molecule has 4 aromatic rings. The highest BCUT2D eigenvalue weighted by Crippen LogP contribution is 2.34. The van der Waals surface area contributed by atoms with E-state index in [0.717, 1.165) is 32.4 Å². The zero-order valence-corrected chi connectivity index (χ0v) is 20.0. The predicted molar refractivity (Wildman–Crippen MR) is 137 cm³/mol. The standard InChI is InChI=1S/C25H20Cl2N4O4/c26-17-6-9-23-20(14-17)29-25(35-23)16-4-7-18(27)19(12-16)28-24(32)15-5-8-21(22(13-15)31(33)34)30-10-2-1-3-11-30/h4-9,12-14H,1-3,10-11H2,(H,28,32). The van der Waals surface area contributed by atoms with E-state index in [9.17, 15) is 14.9 Å². The third kappa shape index (κ3) is 4.80. The number of hydrogen-bond donors (Lipinski definition) is 1. The molecular weight excluding hydrogens is 491 g/mol. The zero-order valence-electron chi connectivity index (χ0n) is 18.5. The smallest absolute Gasteiger partial charge is 0.293 e. The van der Waals surface area contributed by atoms with Gasteiger partial charge in [0.05, 0.1) is 15.6 Å². The Morgan fingerprint density at radius 3 is 2.60 bits per heavy atom. The summed E-state index contributed by atoms with van der Waals surface area (Å²) in [5.41, 5.74) is 2.71. The lowest BCUT2D eigenvalue weighted by Gasteiger charge is -2.28. The first kappa shape index (κ1) is 23.1. The average Bonchev–Trinajstić information content (AvgIpc) is 3.28. The van der Waals surface area contributed by atoms with Crippen molar-refractivity contribution in [2.75, 3.05) is 23.3 Å². The van der Waals surface area contributed by atoms with E-state index in [4.69, 9.17) is 27.6 Å². The number of halogens is 2. The third-order valence-electron chi connectivity index (χ3n) is 5.94. The van der Waals surface area contributed by atoms with Crippen LogP contribution in [-0.2, 0) is 0 Å². The number of aromatic nitrogens is 1. The topological polar surface area (TPSA) is 102 Å². The molecule has 1 N–H and O–H groups in total. The lowest BCUT2D eigenvalue weighted by molar-refractivity contribution is -0.384. The Morgan fingerprint density at radius 2 is 1.83 bits per heavy atom. The highest BCUT2D eigenvalue weighted by molar-refractivity contribution is 6.34. The molecule has 0 saturated carbocycles. The first-order valence-electron chi connectivity index (χ1n) is 11.1. The van der Waals surface area contributed by atoms with Gasteiger partial charge in [-0.25, -0.2) is 4.98 Å². The molecule has 0 atom stereocenters. The first-order chi connectivity index (χ1) is 16.9. The summed E-state index contributed by atoms with van der Waals surface area (Å²) >= 11 is 12.4. The maximum atomic E-state index is 13.0. The van der Waals surface area contributed by atoms with Crippen LogP contribution in [0.25, 0.3) is 22.6 Å². The van der Waals surface area contributed by atoms with Gasteiger partial charge in [0.2, 0.25) is 5.89 Å². The summed E-state index contributed by atoms with van der Waals surface area (Å²) < 4.78 is 5.80. The normalized spacial score (nSPS) is 13.7. The monoisotopic (exact) mass is 510 g/mol. The molecule has 178 valence electrons. The van der Waals surface area contributed by atoms with Crippen molar-refractivity contribution >= 4 is 57.3 Å². The molecular formula is C25H20Cl2N4O4. The fourth-order valence-corrected chi connectivity index (χ4v) is 4.52. The van der Waals surface area contributed by atoms with Crippen LogP contribution in [0.4, 0.5) is 17.1 Å². The molecule has 1 aliphatic heterocycles. The van der Waals surface area contributed by atoms with Gasteiger partial charge in [-0.3, -0.25) is 14.9 Å². The van der Waals surface area contributed by atoms with Crippen molar-refractivity contribution in [1.82, 2.24) is 4.98 Å². The summed E-state index contributed by atoms with van der Waals surface area (Å²) in [7, 11) is 0. The average molecular weight is 511 g/mol. The number of carbonyl (C=O) groups excluding carboxylic acids is 1. The summed E-state index contributed by atoms with van der Waals surface area (Å²) in [6.45, 7) is 1.52.